The number of aromatic nitrogens is 1. The molecule has 0 aliphatic heterocycles. The Hall–Kier alpha value is -0.143. The zero-order chi connectivity index (χ0) is 21.0. The topological polar surface area (TPSA) is 22.1 Å². The Morgan fingerprint density at radius 3 is 2.66 bits per heavy atom. The van der Waals surface area contributed by atoms with Crippen LogP contribution in [0.1, 0.15) is 53.4 Å². The predicted molar refractivity (Wildman–Crippen MR) is 134 cm³/mol. The van der Waals surface area contributed by atoms with E-state index in [4.69, 9.17) is 9.41 Å². The Bertz CT molecular complexity index is 915. The Morgan fingerprint density at radius 2 is 1.97 bits per heavy atom. The Morgan fingerprint density at radius 1 is 1.24 bits per heavy atom. The number of hydrogen-bond acceptors (Lipinski definition) is 4. The highest BCUT2D eigenvalue weighted by molar-refractivity contribution is 9.12. The van der Waals surface area contributed by atoms with E-state index < -0.39 is 8.32 Å². The molecule has 29 heavy (non-hydrogen) atoms. The third kappa shape index (κ3) is 4.04. The van der Waals surface area contributed by atoms with Crippen molar-refractivity contribution in [1.29, 1.82) is 0 Å². The number of nitrogens with zero attached hydrogens (tertiary/aromatic N) is 1. The average molecular weight is 511 g/mol. The van der Waals surface area contributed by atoms with Gasteiger partial charge in [0.1, 0.15) is 0 Å². The van der Waals surface area contributed by atoms with Crippen molar-refractivity contribution in [2.75, 3.05) is 0 Å². The highest BCUT2D eigenvalue weighted by Gasteiger charge is 2.51. The zero-order valence-corrected chi connectivity index (χ0v) is 22.6. The fourth-order valence-corrected chi connectivity index (χ4v) is 9.37. The fourth-order valence-electron chi connectivity index (χ4n) is 4.39. The van der Waals surface area contributed by atoms with Crippen molar-refractivity contribution < 1.29 is 4.43 Å². The van der Waals surface area contributed by atoms with Gasteiger partial charge in [0, 0.05) is 15.1 Å². The molecule has 0 unspecified atom stereocenters. The fraction of sp³-hybridized carbons (Fsp3) is 0.609. The molecule has 1 aromatic heterocycles. The monoisotopic (exact) mass is 509 g/mol. The molecule has 0 N–H and O–H groups in total. The lowest BCUT2D eigenvalue weighted by Gasteiger charge is -2.45. The van der Waals surface area contributed by atoms with Crippen LogP contribution >= 0.6 is 39.0 Å². The maximum absolute atomic E-state index is 6.94. The van der Waals surface area contributed by atoms with Crippen LogP contribution in [0.5, 0.6) is 0 Å². The van der Waals surface area contributed by atoms with Gasteiger partial charge in [0.2, 0.25) is 0 Å². The molecule has 1 aromatic carbocycles. The molecule has 0 spiro atoms. The summed E-state index contributed by atoms with van der Waals surface area (Å²) in [5.41, 5.74) is 2.90. The predicted octanol–water partition coefficient (Wildman–Crippen LogP) is 8.39. The summed E-state index contributed by atoms with van der Waals surface area (Å²) in [6.07, 6.45) is 5.07. The van der Waals surface area contributed by atoms with E-state index in [1.54, 1.807) is 5.57 Å². The van der Waals surface area contributed by atoms with Gasteiger partial charge in [-0.2, -0.15) is 0 Å². The minimum absolute atomic E-state index is 0.180. The van der Waals surface area contributed by atoms with Gasteiger partial charge in [0.25, 0.3) is 0 Å². The van der Waals surface area contributed by atoms with Crippen molar-refractivity contribution in [2.24, 2.45) is 5.41 Å². The van der Waals surface area contributed by atoms with Gasteiger partial charge in [0.05, 0.1) is 16.3 Å². The molecule has 2 aliphatic carbocycles. The summed E-state index contributed by atoms with van der Waals surface area (Å²) in [6, 6.07) is 8.45. The van der Waals surface area contributed by atoms with Crippen LogP contribution in [-0.4, -0.2) is 24.7 Å². The van der Waals surface area contributed by atoms with Crippen molar-refractivity contribution in [3.05, 3.63) is 34.3 Å². The molecule has 1 fully saturated rings. The van der Waals surface area contributed by atoms with E-state index in [-0.39, 0.29) is 10.5 Å². The Labute approximate surface area is 193 Å². The molecule has 2 nitrogen and oxygen atoms in total. The second kappa shape index (κ2) is 7.77. The largest absolute Gasteiger partial charge is 0.413 e. The summed E-state index contributed by atoms with van der Waals surface area (Å²) >= 11 is 7.79. The van der Waals surface area contributed by atoms with E-state index in [2.05, 4.69) is 81.0 Å². The summed E-state index contributed by atoms with van der Waals surface area (Å²) in [4.78, 5) is 4.85. The van der Waals surface area contributed by atoms with Gasteiger partial charge in [-0.15, -0.1) is 11.3 Å². The van der Waals surface area contributed by atoms with Crippen molar-refractivity contribution in [1.82, 2.24) is 4.98 Å². The Balaban J connectivity index is 1.55. The molecule has 2 aromatic rings. The number of halogens is 1. The third-order valence-electron chi connectivity index (χ3n) is 7.31. The van der Waals surface area contributed by atoms with Crippen LogP contribution in [0.3, 0.4) is 0 Å². The number of benzene rings is 1. The van der Waals surface area contributed by atoms with E-state index in [1.807, 2.05) is 23.1 Å². The van der Waals surface area contributed by atoms with Gasteiger partial charge in [-0.25, -0.2) is 4.98 Å². The Kier molecular flexibility index (Phi) is 5.91. The first-order chi connectivity index (χ1) is 13.5. The highest BCUT2D eigenvalue weighted by atomic mass is 79.9. The van der Waals surface area contributed by atoms with Gasteiger partial charge in [-0.1, -0.05) is 73.1 Å². The molecule has 6 heteroatoms. The van der Waals surface area contributed by atoms with Crippen molar-refractivity contribution in [3.63, 3.8) is 0 Å². The van der Waals surface area contributed by atoms with E-state index in [1.165, 1.54) is 26.4 Å². The molecule has 3 atom stereocenters. The molecule has 2 aliphatic rings. The molecular formula is C23H32BrNOS2Si. The third-order valence-corrected chi connectivity index (χ3v) is 15.6. The number of thiazole rings is 1. The summed E-state index contributed by atoms with van der Waals surface area (Å²) in [6.45, 7) is 14.3. The van der Waals surface area contributed by atoms with Crippen LogP contribution in [0.25, 0.3) is 10.2 Å². The summed E-state index contributed by atoms with van der Waals surface area (Å²) < 4.78 is 10.8. The molecule has 4 rings (SSSR count). The first kappa shape index (κ1) is 22.1. The number of hydrogen-bond donors (Lipinski definition) is 0. The van der Waals surface area contributed by atoms with Gasteiger partial charge in [-0.3, -0.25) is 0 Å². The van der Waals surface area contributed by atoms with Gasteiger partial charge in [-0.05, 0) is 55.9 Å². The van der Waals surface area contributed by atoms with Crippen LogP contribution in [0.2, 0.25) is 18.1 Å². The van der Waals surface area contributed by atoms with Gasteiger partial charge < -0.3 is 4.43 Å². The standard InChI is InChI=1S/C23H32BrNOS2Si/c1-22(2,3)29(5,6)26-19-12-11-15-20(24)18(13-14-23(15,19)4)28-21-25-16-9-7-8-10-17(16)27-21/h7-10,18-19H,11-14H2,1-6H3/t18-,19+,23+/m1/s1. The molecule has 0 radical (unpaired) electrons. The van der Waals surface area contributed by atoms with E-state index >= 15 is 0 Å². The first-order valence-corrected chi connectivity index (χ1v) is 16.0. The molecule has 1 saturated carbocycles. The minimum Gasteiger partial charge on any atom is -0.413 e. The maximum Gasteiger partial charge on any atom is 0.192 e. The number of thioether (sulfide) groups is 1. The van der Waals surface area contributed by atoms with E-state index in [0.717, 1.165) is 18.4 Å². The van der Waals surface area contributed by atoms with Crippen molar-refractivity contribution in [3.8, 4) is 0 Å². The summed E-state index contributed by atoms with van der Waals surface area (Å²) in [5, 5.41) is 0.734. The van der Waals surface area contributed by atoms with Gasteiger partial charge in [0.15, 0.2) is 12.7 Å². The normalized spacial score (nSPS) is 28.2. The molecule has 0 saturated heterocycles. The lowest BCUT2D eigenvalue weighted by Crippen LogP contribution is -2.47. The number of para-hydroxylation sites is 1. The quantitative estimate of drug-likeness (QED) is 0.386. The molecule has 0 amide bonds. The van der Waals surface area contributed by atoms with Crippen molar-refractivity contribution in [2.45, 2.75) is 87.2 Å². The van der Waals surface area contributed by atoms with Crippen LogP contribution in [-0.2, 0) is 4.43 Å². The van der Waals surface area contributed by atoms with Crippen LogP contribution in [0.15, 0.2) is 38.7 Å². The van der Waals surface area contributed by atoms with Crippen LogP contribution in [0, 0.1) is 5.41 Å². The average Bonchev–Trinajstić information content (AvgIpc) is 3.18. The maximum atomic E-state index is 6.94. The smallest absolute Gasteiger partial charge is 0.192 e. The lowest BCUT2D eigenvalue weighted by molar-refractivity contribution is 0.0833. The minimum atomic E-state index is -1.76. The first-order valence-electron chi connectivity index (χ1n) is 10.6. The number of rotatable bonds is 4. The molecule has 1 heterocycles. The number of fused-ring (bicyclic) bond motifs is 2. The van der Waals surface area contributed by atoms with E-state index in [9.17, 15) is 0 Å². The summed E-state index contributed by atoms with van der Waals surface area (Å²) in [7, 11) is -1.76. The van der Waals surface area contributed by atoms with Crippen molar-refractivity contribution >= 4 is 57.6 Å². The van der Waals surface area contributed by atoms with Gasteiger partial charge >= 0.3 is 0 Å². The van der Waals surface area contributed by atoms with Crippen LogP contribution in [0.4, 0.5) is 0 Å². The highest BCUT2D eigenvalue weighted by Crippen LogP contribution is 2.57. The van der Waals surface area contributed by atoms with Crippen LogP contribution < -0.4 is 0 Å². The van der Waals surface area contributed by atoms with E-state index in [0.29, 0.717) is 11.4 Å². The SMILES string of the molecule is CC(C)(C)[Si](C)(C)O[C@H]1CCC2=C(Br)[C@H](Sc3nc4ccccc4s3)CC[C@@]21C. The molecule has 0 bridgehead atoms. The zero-order valence-electron chi connectivity index (χ0n) is 18.3. The lowest BCUT2D eigenvalue weighted by atomic mass is 9.74. The second-order valence-electron chi connectivity index (χ2n) is 10.2. The second-order valence-corrected chi connectivity index (χ2v) is 18.3. The molecule has 158 valence electrons. The molecular weight excluding hydrogens is 478 g/mol. The summed E-state index contributed by atoms with van der Waals surface area (Å²) in [5.74, 6) is 0.